The molecule has 18 heavy (non-hydrogen) atoms. The quantitative estimate of drug-likeness (QED) is 0.677. The van der Waals surface area contributed by atoms with Gasteiger partial charge in [-0.15, -0.1) is 0 Å². The predicted molar refractivity (Wildman–Crippen MR) is 67.3 cm³/mol. The van der Waals surface area contributed by atoms with Crippen LogP contribution < -0.4 is 11.1 Å². The van der Waals surface area contributed by atoms with E-state index < -0.39 is 17.3 Å². The summed E-state index contributed by atoms with van der Waals surface area (Å²) in [5.41, 5.74) is 5.78. The summed E-state index contributed by atoms with van der Waals surface area (Å²) in [5.74, 6) is -2.16. The molecular formula is C12H17FN2O3. The molecule has 0 amide bonds. The van der Waals surface area contributed by atoms with Crippen LogP contribution in [0, 0.1) is 5.82 Å². The van der Waals surface area contributed by atoms with Crippen molar-refractivity contribution in [1.82, 2.24) is 0 Å². The highest BCUT2D eigenvalue weighted by Gasteiger charge is 2.14. The number of nitrogens with two attached hydrogens (primary N) is 1. The predicted octanol–water partition coefficient (Wildman–Crippen LogP) is 1.94. The second kappa shape index (κ2) is 6.20. The second-order valence-corrected chi connectivity index (χ2v) is 3.87. The molecule has 1 aromatic rings. The SMILES string of the molecule is CCOC(C)CNc1cc(F)c(C(=O)O)cc1N. The zero-order valence-corrected chi connectivity index (χ0v) is 10.4. The first kappa shape index (κ1) is 14.2. The minimum atomic E-state index is -1.34. The van der Waals surface area contributed by atoms with Gasteiger partial charge < -0.3 is 20.9 Å². The number of hydrogen-bond acceptors (Lipinski definition) is 4. The van der Waals surface area contributed by atoms with Crippen molar-refractivity contribution in [3.8, 4) is 0 Å². The molecule has 1 atom stereocenters. The number of ether oxygens (including phenoxy) is 1. The topological polar surface area (TPSA) is 84.6 Å². The van der Waals surface area contributed by atoms with Crippen molar-refractivity contribution in [2.24, 2.45) is 0 Å². The molecule has 0 fully saturated rings. The Hall–Kier alpha value is -1.82. The van der Waals surface area contributed by atoms with E-state index in [2.05, 4.69) is 5.32 Å². The second-order valence-electron chi connectivity index (χ2n) is 3.87. The molecule has 4 N–H and O–H groups in total. The van der Waals surface area contributed by atoms with Crippen LogP contribution in [0.5, 0.6) is 0 Å². The minimum Gasteiger partial charge on any atom is -0.478 e. The molecular weight excluding hydrogens is 239 g/mol. The van der Waals surface area contributed by atoms with Gasteiger partial charge in [0, 0.05) is 13.2 Å². The van der Waals surface area contributed by atoms with Crippen molar-refractivity contribution >= 4 is 17.3 Å². The van der Waals surface area contributed by atoms with Crippen molar-refractivity contribution in [3.63, 3.8) is 0 Å². The molecule has 100 valence electrons. The number of anilines is 2. The van der Waals surface area contributed by atoms with Gasteiger partial charge in [0.25, 0.3) is 0 Å². The largest absolute Gasteiger partial charge is 0.478 e. The maximum absolute atomic E-state index is 13.4. The molecule has 1 aromatic carbocycles. The van der Waals surface area contributed by atoms with Gasteiger partial charge >= 0.3 is 5.97 Å². The molecule has 0 radical (unpaired) electrons. The first-order valence-electron chi connectivity index (χ1n) is 5.63. The summed E-state index contributed by atoms with van der Waals surface area (Å²) >= 11 is 0. The van der Waals surface area contributed by atoms with E-state index in [0.717, 1.165) is 12.1 Å². The molecule has 0 bridgehead atoms. The molecule has 0 aliphatic heterocycles. The van der Waals surface area contributed by atoms with Crippen LogP contribution in [0.3, 0.4) is 0 Å². The number of nitrogen functional groups attached to an aromatic ring is 1. The minimum absolute atomic E-state index is 0.0448. The summed E-state index contributed by atoms with van der Waals surface area (Å²) < 4.78 is 18.8. The molecule has 0 saturated heterocycles. The lowest BCUT2D eigenvalue weighted by molar-refractivity contribution is 0.0691. The van der Waals surface area contributed by atoms with E-state index in [4.69, 9.17) is 15.6 Å². The van der Waals surface area contributed by atoms with Gasteiger partial charge in [-0.25, -0.2) is 9.18 Å². The average Bonchev–Trinajstić information content (AvgIpc) is 2.29. The third-order valence-electron chi connectivity index (χ3n) is 2.40. The van der Waals surface area contributed by atoms with Crippen LogP contribution in [0.2, 0.25) is 0 Å². The maximum atomic E-state index is 13.4. The summed E-state index contributed by atoms with van der Waals surface area (Å²) in [6, 6.07) is 2.18. The van der Waals surface area contributed by atoms with Gasteiger partial charge in [-0.05, 0) is 26.0 Å². The Morgan fingerprint density at radius 1 is 1.61 bits per heavy atom. The van der Waals surface area contributed by atoms with Crippen LogP contribution in [0.25, 0.3) is 0 Å². The zero-order chi connectivity index (χ0) is 13.7. The van der Waals surface area contributed by atoms with Crippen LogP contribution in [0.15, 0.2) is 12.1 Å². The van der Waals surface area contributed by atoms with Crippen LogP contribution in [-0.4, -0.2) is 30.3 Å². The number of carbonyl (C=O) groups is 1. The molecule has 0 aliphatic carbocycles. The van der Waals surface area contributed by atoms with Gasteiger partial charge in [0.05, 0.1) is 23.0 Å². The van der Waals surface area contributed by atoms with E-state index in [-0.39, 0.29) is 11.8 Å². The van der Waals surface area contributed by atoms with Crippen LogP contribution in [0.1, 0.15) is 24.2 Å². The fourth-order valence-corrected chi connectivity index (χ4v) is 1.50. The number of carboxylic acids is 1. The highest BCUT2D eigenvalue weighted by atomic mass is 19.1. The molecule has 5 nitrogen and oxygen atoms in total. The van der Waals surface area contributed by atoms with E-state index in [9.17, 15) is 9.18 Å². The van der Waals surface area contributed by atoms with Crippen molar-refractivity contribution in [1.29, 1.82) is 0 Å². The standard InChI is InChI=1S/C12H17FN2O3/c1-3-18-7(2)6-15-11-5-9(13)8(12(16)17)4-10(11)14/h4-5,7,15H,3,6,14H2,1-2H3,(H,16,17). The van der Waals surface area contributed by atoms with Gasteiger partial charge in [-0.2, -0.15) is 0 Å². The first-order chi connectivity index (χ1) is 8.45. The van der Waals surface area contributed by atoms with Crippen LogP contribution in [0.4, 0.5) is 15.8 Å². The van der Waals surface area contributed by atoms with E-state index >= 15 is 0 Å². The van der Waals surface area contributed by atoms with Crippen molar-refractivity contribution in [2.75, 3.05) is 24.2 Å². The summed E-state index contributed by atoms with van der Waals surface area (Å²) in [5, 5.41) is 11.7. The highest BCUT2D eigenvalue weighted by molar-refractivity contribution is 5.90. The van der Waals surface area contributed by atoms with Crippen molar-refractivity contribution < 1.29 is 19.0 Å². The number of hydrogen-bond donors (Lipinski definition) is 3. The zero-order valence-electron chi connectivity index (χ0n) is 10.4. The fourth-order valence-electron chi connectivity index (χ4n) is 1.50. The molecule has 0 aliphatic rings. The van der Waals surface area contributed by atoms with E-state index in [1.54, 1.807) is 0 Å². The average molecular weight is 256 g/mol. The highest BCUT2D eigenvalue weighted by Crippen LogP contribution is 2.23. The smallest absolute Gasteiger partial charge is 0.338 e. The number of aromatic carboxylic acids is 1. The number of carboxylic acid groups (broad SMARTS) is 1. The molecule has 0 aromatic heterocycles. The normalized spacial score (nSPS) is 12.2. The lowest BCUT2D eigenvalue weighted by atomic mass is 10.1. The summed E-state index contributed by atoms with van der Waals surface area (Å²) in [7, 11) is 0. The molecule has 0 spiro atoms. The van der Waals surface area contributed by atoms with Gasteiger partial charge in [0.1, 0.15) is 5.82 Å². The third kappa shape index (κ3) is 3.59. The Morgan fingerprint density at radius 2 is 2.28 bits per heavy atom. The number of rotatable bonds is 6. The third-order valence-corrected chi connectivity index (χ3v) is 2.40. The van der Waals surface area contributed by atoms with E-state index in [0.29, 0.717) is 18.8 Å². The van der Waals surface area contributed by atoms with E-state index in [1.165, 1.54) is 0 Å². The maximum Gasteiger partial charge on any atom is 0.338 e. The summed E-state index contributed by atoms with van der Waals surface area (Å²) in [6.45, 7) is 4.80. The summed E-state index contributed by atoms with van der Waals surface area (Å²) in [4.78, 5) is 10.7. The molecule has 6 heteroatoms. The lowest BCUT2D eigenvalue weighted by Gasteiger charge is -2.15. The number of benzene rings is 1. The van der Waals surface area contributed by atoms with Gasteiger partial charge in [0.15, 0.2) is 0 Å². The first-order valence-corrected chi connectivity index (χ1v) is 5.63. The Bertz CT molecular complexity index is 438. The van der Waals surface area contributed by atoms with Gasteiger partial charge in [-0.1, -0.05) is 0 Å². The van der Waals surface area contributed by atoms with E-state index in [1.807, 2.05) is 13.8 Å². The monoisotopic (exact) mass is 256 g/mol. The Morgan fingerprint density at radius 3 is 2.83 bits per heavy atom. The summed E-state index contributed by atoms with van der Waals surface area (Å²) in [6.07, 6.45) is -0.0448. The van der Waals surface area contributed by atoms with Crippen LogP contribution in [-0.2, 0) is 4.74 Å². The molecule has 0 saturated carbocycles. The van der Waals surface area contributed by atoms with Gasteiger partial charge in [0.2, 0.25) is 0 Å². The lowest BCUT2D eigenvalue weighted by Crippen LogP contribution is -2.20. The molecule has 0 heterocycles. The number of nitrogens with one attached hydrogen (secondary N) is 1. The fraction of sp³-hybridized carbons (Fsp3) is 0.417. The Labute approximate surface area is 105 Å². The molecule has 1 unspecified atom stereocenters. The Kier molecular flexibility index (Phi) is 4.91. The van der Waals surface area contributed by atoms with Crippen LogP contribution >= 0.6 is 0 Å². The number of halogens is 1. The van der Waals surface area contributed by atoms with Crippen molar-refractivity contribution in [3.05, 3.63) is 23.5 Å². The Balaban J connectivity index is 2.79. The molecule has 1 rings (SSSR count). The van der Waals surface area contributed by atoms with Gasteiger partial charge in [-0.3, -0.25) is 0 Å². The van der Waals surface area contributed by atoms with Crippen molar-refractivity contribution in [2.45, 2.75) is 20.0 Å².